The van der Waals surface area contributed by atoms with Gasteiger partial charge in [-0.25, -0.2) is 19.4 Å². The number of rotatable bonds is 2. The highest BCUT2D eigenvalue weighted by atomic mass is 19.1. The number of aliphatic imine (C=N–C) groups is 1. The fourth-order valence-electron chi connectivity index (χ4n) is 3.65. The van der Waals surface area contributed by atoms with Gasteiger partial charge in [-0.1, -0.05) is 48.5 Å². The lowest BCUT2D eigenvalue weighted by Crippen LogP contribution is -2.15. The predicted octanol–water partition coefficient (Wildman–Crippen LogP) is 5.00. The Hall–Kier alpha value is -3.14. The van der Waals surface area contributed by atoms with Crippen LogP contribution in [0.5, 0.6) is 0 Å². The number of hydrogen-bond donors (Lipinski definition) is 0. The average molecular weight is 341 g/mol. The summed E-state index contributed by atoms with van der Waals surface area (Å²) in [5, 5.41) is 0. The Labute approximate surface area is 151 Å². The second-order valence-corrected chi connectivity index (χ2v) is 6.62. The maximum absolute atomic E-state index is 14.4. The van der Waals surface area contributed by atoms with Gasteiger partial charge >= 0.3 is 0 Å². The van der Waals surface area contributed by atoms with E-state index in [0.29, 0.717) is 12.4 Å². The van der Waals surface area contributed by atoms with Crippen molar-refractivity contribution in [3.05, 3.63) is 89.4 Å². The molecule has 0 N–H and O–H groups in total. The Morgan fingerprint density at radius 1 is 1.00 bits per heavy atom. The van der Waals surface area contributed by atoms with Crippen molar-refractivity contribution in [1.82, 2.24) is 9.97 Å². The van der Waals surface area contributed by atoms with Gasteiger partial charge in [-0.05, 0) is 35.3 Å². The molecule has 1 heterocycles. The summed E-state index contributed by atoms with van der Waals surface area (Å²) in [6, 6.07) is 15.1. The average Bonchev–Trinajstić information content (AvgIpc) is 2.65. The maximum Gasteiger partial charge on any atom is 0.250 e. The second-order valence-electron chi connectivity index (χ2n) is 6.62. The van der Waals surface area contributed by atoms with Crippen molar-refractivity contribution in [1.29, 1.82) is 0 Å². The third-order valence-corrected chi connectivity index (χ3v) is 5.03. The first-order valence-corrected chi connectivity index (χ1v) is 8.73. The molecule has 2 aliphatic carbocycles. The zero-order chi connectivity index (χ0) is 17.5. The number of benzene rings is 2. The molecule has 5 rings (SSSR count). The molecule has 0 saturated carbocycles. The van der Waals surface area contributed by atoms with E-state index in [-0.39, 0.29) is 11.7 Å². The van der Waals surface area contributed by atoms with Crippen molar-refractivity contribution >= 4 is 11.7 Å². The van der Waals surface area contributed by atoms with E-state index in [2.05, 4.69) is 22.1 Å². The van der Waals surface area contributed by atoms with Crippen molar-refractivity contribution < 1.29 is 4.39 Å². The summed E-state index contributed by atoms with van der Waals surface area (Å²) in [6.07, 6.45) is 7.43. The molecule has 26 heavy (non-hydrogen) atoms. The highest BCUT2D eigenvalue weighted by Crippen LogP contribution is 2.42. The quantitative estimate of drug-likeness (QED) is 0.657. The Balaban J connectivity index is 1.65. The molecule has 3 aromatic rings. The van der Waals surface area contributed by atoms with E-state index in [1.54, 1.807) is 6.07 Å². The molecular weight excluding hydrogens is 325 g/mol. The summed E-state index contributed by atoms with van der Waals surface area (Å²) < 4.78 is 14.4. The van der Waals surface area contributed by atoms with Gasteiger partial charge in [0.2, 0.25) is 5.95 Å². The van der Waals surface area contributed by atoms with Crippen molar-refractivity contribution in [2.24, 2.45) is 4.99 Å². The van der Waals surface area contributed by atoms with Crippen LogP contribution in [0.15, 0.2) is 71.9 Å². The lowest BCUT2D eigenvalue weighted by molar-refractivity contribution is 0.593. The highest BCUT2D eigenvalue weighted by Gasteiger charge is 2.28. The molecule has 1 atom stereocenters. The number of aromatic nitrogens is 2. The highest BCUT2D eigenvalue weighted by molar-refractivity contribution is 6.02. The molecule has 1 unspecified atom stereocenters. The van der Waals surface area contributed by atoms with Crippen LogP contribution < -0.4 is 0 Å². The standard InChI is InChI=1S/C22H16FN3/c23-20-11-4-3-9-17(20)19-12-14-13-24-22(25-15-6-5-7-15)26-21(14)18-10-2-1-8-16(18)19/h1-6,8-11,13,19H,7,12H2. The third kappa shape index (κ3) is 2.46. The molecule has 1 aromatic heterocycles. The summed E-state index contributed by atoms with van der Waals surface area (Å²) in [5.41, 5.74) is 5.80. The minimum absolute atomic E-state index is 0.0322. The Kier molecular flexibility index (Phi) is 3.49. The van der Waals surface area contributed by atoms with Crippen molar-refractivity contribution in [3.8, 4) is 11.3 Å². The van der Waals surface area contributed by atoms with Gasteiger partial charge in [0, 0.05) is 29.8 Å². The van der Waals surface area contributed by atoms with Crippen molar-refractivity contribution in [3.63, 3.8) is 0 Å². The fraction of sp³-hybridized carbons (Fsp3) is 0.136. The van der Waals surface area contributed by atoms with E-state index >= 15 is 0 Å². The number of nitrogens with zero attached hydrogens (tertiary/aromatic N) is 3. The lowest BCUT2D eigenvalue weighted by atomic mass is 9.78. The van der Waals surface area contributed by atoms with Crippen LogP contribution in [0, 0.1) is 5.82 Å². The molecule has 0 spiro atoms. The van der Waals surface area contributed by atoms with Gasteiger partial charge in [-0.2, -0.15) is 0 Å². The summed E-state index contributed by atoms with van der Waals surface area (Å²) in [5.74, 6) is 0.286. The minimum Gasteiger partial charge on any atom is -0.219 e. The van der Waals surface area contributed by atoms with Gasteiger partial charge in [0.1, 0.15) is 5.82 Å². The molecule has 0 amide bonds. The van der Waals surface area contributed by atoms with Crippen LogP contribution in [0.1, 0.15) is 29.0 Å². The molecule has 0 aliphatic heterocycles. The van der Waals surface area contributed by atoms with Gasteiger partial charge in [0.25, 0.3) is 0 Å². The van der Waals surface area contributed by atoms with Gasteiger partial charge < -0.3 is 0 Å². The van der Waals surface area contributed by atoms with E-state index < -0.39 is 0 Å². The van der Waals surface area contributed by atoms with Gasteiger partial charge in [0.15, 0.2) is 0 Å². The smallest absolute Gasteiger partial charge is 0.219 e. The Morgan fingerprint density at radius 3 is 2.54 bits per heavy atom. The van der Waals surface area contributed by atoms with Crippen LogP contribution in [0.3, 0.4) is 0 Å². The first kappa shape index (κ1) is 15.1. The molecule has 2 aliphatic rings. The van der Waals surface area contributed by atoms with Crippen LogP contribution in [0.4, 0.5) is 10.3 Å². The zero-order valence-corrected chi connectivity index (χ0v) is 14.1. The molecule has 126 valence electrons. The van der Waals surface area contributed by atoms with E-state index in [1.165, 1.54) is 6.07 Å². The van der Waals surface area contributed by atoms with Crippen LogP contribution in [-0.2, 0) is 6.42 Å². The Bertz CT molecular complexity index is 1070. The molecule has 3 nitrogen and oxygen atoms in total. The minimum atomic E-state index is -0.170. The summed E-state index contributed by atoms with van der Waals surface area (Å²) in [6.45, 7) is 0. The van der Waals surface area contributed by atoms with Crippen molar-refractivity contribution in [2.75, 3.05) is 0 Å². The molecule has 0 saturated heterocycles. The predicted molar refractivity (Wildman–Crippen MR) is 100 cm³/mol. The van der Waals surface area contributed by atoms with E-state index in [1.807, 2.05) is 42.6 Å². The van der Waals surface area contributed by atoms with Crippen molar-refractivity contribution in [2.45, 2.75) is 18.8 Å². The number of halogens is 1. The number of hydrogen-bond acceptors (Lipinski definition) is 3. The molecule has 2 aromatic carbocycles. The summed E-state index contributed by atoms with van der Waals surface area (Å²) in [7, 11) is 0. The largest absolute Gasteiger partial charge is 0.250 e. The number of fused-ring (bicyclic) bond motifs is 3. The lowest BCUT2D eigenvalue weighted by Gasteiger charge is -2.27. The third-order valence-electron chi connectivity index (χ3n) is 5.03. The first-order chi connectivity index (χ1) is 12.8. The first-order valence-electron chi connectivity index (χ1n) is 8.73. The molecular formula is C22H16FN3. The van der Waals surface area contributed by atoms with Gasteiger partial charge in [-0.3, -0.25) is 0 Å². The van der Waals surface area contributed by atoms with Crippen LogP contribution in [0.25, 0.3) is 11.3 Å². The topological polar surface area (TPSA) is 38.1 Å². The SMILES string of the molecule is Fc1ccccc1C1Cc2cnc(N=C3C=CC3)nc2-c2ccccc21. The maximum atomic E-state index is 14.4. The molecule has 4 heteroatoms. The fourth-order valence-corrected chi connectivity index (χ4v) is 3.65. The summed E-state index contributed by atoms with van der Waals surface area (Å²) >= 11 is 0. The zero-order valence-electron chi connectivity index (χ0n) is 14.1. The van der Waals surface area contributed by atoms with Gasteiger partial charge in [0.05, 0.1) is 5.69 Å². The van der Waals surface area contributed by atoms with Crippen LogP contribution >= 0.6 is 0 Å². The van der Waals surface area contributed by atoms with Crippen LogP contribution in [-0.4, -0.2) is 15.7 Å². The normalized spacial score (nSPS) is 19.0. The van der Waals surface area contributed by atoms with E-state index in [0.717, 1.165) is 40.1 Å². The van der Waals surface area contributed by atoms with E-state index in [4.69, 9.17) is 4.98 Å². The van der Waals surface area contributed by atoms with Gasteiger partial charge in [-0.15, -0.1) is 0 Å². The monoisotopic (exact) mass is 341 g/mol. The summed E-state index contributed by atoms with van der Waals surface area (Å²) in [4.78, 5) is 13.6. The number of allylic oxidation sites excluding steroid dienone is 2. The molecule has 0 fully saturated rings. The van der Waals surface area contributed by atoms with E-state index in [9.17, 15) is 4.39 Å². The Morgan fingerprint density at radius 2 is 1.77 bits per heavy atom. The second kappa shape index (κ2) is 5.99. The molecule has 0 radical (unpaired) electrons. The van der Waals surface area contributed by atoms with Crippen LogP contribution in [0.2, 0.25) is 0 Å². The molecule has 0 bridgehead atoms.